The first kappa shape index (κ1) is 11.2. The van der Waals surface area contributed by atoms with Crippen molar-refractivity contribution in [3.63, 3.8) is 0 Å². The van der Waals surface area contributed by atoms with Gasteiger partial charge in [-0.25, -0.2) is 9.97 Å². The van der Waals surface area contributed by atoms with Crippen molar-refractivity contribution in [1.82, 2.24) is 9.97 Å². The maximum absolute atomic E-state index is 4.20. The van der Waals surface area contributed by atoms with Gasteiger partial charge in [-0.3, -0.25) is 0 Å². The zero-order valence-corrected chi connectivity index (χ0v) is 10.0. The summed E-state index contributed by atoms with van der Waals surface area (Å²) in [7, 11) is 0. The van der Waals surface area contributed by atoms with E-state index in [1.54, 1.807) is 6.33 Å². The second kappa shape index (κ2) is 5.14. The quantitative estimate of drug-likeness (QED) is 0.773. The van der Waals surface area contributed by atoms with E-state index in [2.05, 4.69) is 34.4 Å². The minimum Gasteiger partial charge on any atom is -0.370 e. The SMILES string of the molecule is CC(C)CCNc1cc(NC2CC2)ncn1. The van der Waals surface area contributed by atoms with Crippen molar-refractivity contribution in [2.24, 2.45) is 5.92 Å². The first-order valence-corrected chi connectivity index (χ1v) is 6.06. The van der Waals surface area contributed by atoms with Gasteiger partial charge in [0, 0.05) is 18.7 Å². The number of hydrogen-bond acceptors (Lipinski definition) is 4. The van der Waals surface area contributed by atoms with Crippen LogP contribution in [-0.2, 0) is 0 Å². The largest absolute Gasteiger partial charge is 0.370 e. The van der Waals surface area contributed by atoms with E-state index in [0.717, 1.165) is 30.5 Å². The first-order valence-electron chi connectivity index (χ1n) is 6.06. The van der Waals surface area contributed by atoms with Crippen LogP contribution in [0.25, 0.3) is 0 Å². The van der Waals surface area contributed by atoms with Gasteiger partial charge in [-0.2, -0.15) is 0 Å². The minimum absolute atomic E-state index is 0.637. The van der Waals surface area contributed by atoms with Crippen LogP contribution in [0.2, 0.25) is 0 Å². The van der Waals surface area contributed by atoms with E-state index in [1.807, 2.05) is 6.07 Å². The molecule has 4 nitrogen and oxygen atoms in total. The Morgan fingerprint density at radius 1 is 1.31 bits per heavy atom. The normalized spacial score (nSPS) is 15.2. The van der Waals surface area contributed by atoms with Crippen molar-refractivity contribution in [3.8, 4) is 0 Å². The molecule has 1 aromatic heterocycles. The highest BCUT2D eigenvalue weighted by Gasteiger charge is 2.21. The molecular formula is C12H20N4. The minimum atomic E-state index is 0.637. The zero-order valence-electron chi connectivity index (χ0n) is 10.0. The first-order chi connectivity index (χ1) is 7.74. The standard InChI is InChI=1S/C12H20N4/c1-9(2)5-6-13-11-7-12(15-8-14-11)16-10-3-4-10/h7-10H,3-6H2,1-2H3,(H2,13,14,15,16). The van der Waals surface area contributed by atoms with E-state index in [4.69, 9.17) is 0 Å². The number of nitrogens with one attached hydrogen (secondary N) is 2. The molecule has 1 aliphatic rings. The molecule has 0 unspecified atom stereocenters. The molecule has 0 aliphatic heterocycles. The topological polar surface area (TPSA) is 49.8 Å². The highest BCUT2D eigenvalue weighted by molar-refractivity contribution is 5.47. The number of nitrogens with zero attached hydrogens (tertiary/aromatic N) is 2. The van der Waals surface area contributed by atoms with Gasteiger partial charge in [0.05, 0.1) is 0 Å². The molecule has 2 rings (SSSR count). The fourth-order valence-corrected chi connectivity index (χ4v) is 1.46. The lowest BCUT2D eigenvalue weighted by Gasteiger charge is -2.09. The summed E-state index contributed by atoms with van der Waals surface area (Å²) in [6, 6.07) is 2.62. The lowest BCUT2D eigenvalue weighted by molar-refractivity contribution is 0.606. The highest BCUT2D eigenvalue weighted by atomic mass is 15.1. The van der Waals surface area contributed by atoms with Crippen molar-refractivity contribution in [2.45, 2.75) is 39.2 Å². The molecule has 2 N–H and O–H groups in total. The molecule has 0 amide bonds. The van der Waals surface area contributed by atoms with Crippen LogP contribution in [0, 0.1) is 5.92 Å². The Bertz CT molecular complexity index is 334. The average molecular weight is 220 g/mol. The van der Waals surface area contributed by atoms with E-state index in [0.29, 0.717) is 6.04 Å². The maximum Gasteiger partial charge on any atom is 0.131 e. The van der Waals surface area contributed by atoms with Crippen molar-refractivity contribution in [1.29, 1.82) is 0 Å². The Kier molecular flexibility index (Phi) is 3.59. The van der Waals surface area contributed by atoms with Gasteiger partial charge in [0.15, 0.2) is 0 Å². The second-order valence-electron chi connectivity index (χ2n) is 4.82. The summed E-state index contributed by atoms with van der Waals surface area (Å²) in [5.41, 5.74) is 0. The monoisotopic (exact) mass is 220 g/mol. The molecule has 4 heteroatoms. The fourth-order valence-electron chi connectivity index (χ4n) is 1.46. The van der Waals surface area contributed by atoms with Crippen molar-refractivity contribution < 1.29 is 0 Å². The molecule has 16 heavy (non-hydrogen) atoms. The molecule has 0 aromatic carbocycles. The summed E-state index contributed by atoms with van der Waals surface area (Å²) in [5.74, 6) is 2.57. The number of anilines is 2. The van der Waals surface area contributed by atoms with Crippen molar-refractivity contribution in [2.75, 3.05) is 17.2 Å². The Hall–Kier alpha value is -1.32. The van der Waals surface area contributed by atoms with Crippen LogP contribution in [0.3, 0.4) is 0 Å². The summed E-state index contributed by atoms with van der Waals surface area (Å²) < 4.78 is 0. The van der Waals surface area contributed by atoms with Gasteiger partial charge >= 0.3 is 0 Å². The maximum atomic E-state index is 4.20. The Morgan fingerprint density at radius 3 is 2.75 bits per heavy atom. The highest BCUT2D eigenvalue weighted by Crippen LogP contribution is 2.24. The van der Waals surface area contributed by atoms with Gasteiger partial charge in [-0.15, -0.1) is 0 Å². The van der Waals surface area contributed by atoms with Crippen LogP contribution < -0.4 is 10.6 Å². The molecule has 1 fully saturated rings. The van der Waals surface area contributed by atoms with Crippen LogP contribution in [0.4, 0.5) is 11.6 Å². The van der Waals surface area contributed by atoms with E-state index < -0.39 is 0 Å². The van der Waals surface area contributed by atoms with Crippen LogP contribution in [0.1, 0.15) is 33.1 Å². The molecule has 0 radical (unpaired) electrons. The average Bonchev–Trinajstić information content (AvgIpc) is 3.02. The molecule has 0 saturated heterocycles. The van der Waals surface area contributed by atoms with Gasteiger partial charge in [0.1, 0.15) is 18.0 Å². The van der Waals surface area contributed by atoms with Gasteiger partial charge in [-0.1, -0.05) is 13.8 Å². The smallest absolute Gasteiger partial charge is 0.131 e. The van der Waals surface area contributed by atoms with Crippen LogP contribution in [0.15, 0.2) is 12.4 Å². The summed E-state index contributed by atoms with van der Waals surface area (Å²) >= 11 is 0. The van der Waals surface area contributed by atoms with Crippen LogP contribution >= 0.6 is 0 Å². The van der Waals surface area contributed by atoms with Crippen LogP contribution in [0.5, 0.6) is 0 Å². The Balaban J connectivity index is 1.83. The van der Waals surface area contributed by atoms with E-state index in [9.17, 15) is 0 Å². The second-order valence-corrected chi connectivity index (χ2v) is 4.82. The predicted molar refractivity (Wildman–Crippen MR) is 66.6 cm³/mol. The molecule has 1 heterocycles. The fraction of sp³-hybridized carbons (Fsp3) is 0.667. The summed E-state index contributed by atoms with van der Waals surface area (Å²) in [6.07, 6.45) is 5.30. The molecule has 1 saturated carbocycles. The molecule has 0 spiro atoms. The molecule has 1 aliphatic carbocycles. The van der Waals surface area contributed by atoms with E-state index >= 15 is 0 Å². The van der Waals surface area contributed by atoms with Gasteiger partial charge in [-0.05, 0) is 25.2 Å². The molecule has 0 bridgehead atoms. The van der Waals surface area contributed by atoms with E-state index in [-0.39, 0.29) is 0 Å². The van der Waals surface area contributed by atoms with Gasteiger partial charge in [0.25, 0.3) is 0 Å². The molecule has 0 atom stereocenters. The summed E-state index contributed by atoms with van der Waals surface area (Å²) in [6.45, 7) is 5.42. The van der Waals surface area contributed by atoms with E-state index in [1.165, 1.54) is 12.8 Å². The third-order valence-corrected chi connectivity index (χ3v) is 2.62. The third kappa shape index (κ3) is 3.68. The third-order valence-electron chi connectivity index (χ3n) is 2.62. The van der Waals surface area contributed by atoms with Gasteiger partial charge in [0.2, 0.25) is 0 Å². The van der Waals surface area contributed by atoms with Crippen molar-refractivity contribution >= 4 is 11.6 Å². The summed E-state index contributed by atoms with van der Waals surface area (Å²) in [4.78, 5) is 8.40. The van der Waals surface area contributed by atoms with Gasteiger partial charge < -0.3 is 10.6 Å². The molecular weight excluding hydrogens is 200 g/mol. The predicted octanol–water partition coefficient (Wildman–Crippen LogP) is 2.51. The summed E-state index contributed by atoms with van der Waals surface area (Å²) in [5, 5.41) is 6.68. The number of aromatic nitrogens is 2. The number of rotatable bonds is 6. The Morgan fingerprint density at radius 2 is 2.06 bits per heavy atom. The number of hydrogen-bond donors (Lipinski definition) is 2. The Labute approximate surface area is 96.9 Å². The zero-order chi connectivity index (χ0) is 11.4. The lowest BCUT2D eigenvalue weighted by Crippen LogP contribution is -2.08. The van der Waals surface area contributed by atoms with Crippen LogP contribution in [-0.4, -0.2) is 22.6 Å². The van der Waals surface area contributed by atoms with Crippen molar-refractivity contribution in [3.05, 3.63) is 12.4 Å². The lowest BCUT2D eigenvalue weighted by atomic mass is 10.1. The molecule has 88 valence electrons. The molecule has 1 aromatic rings.